The topological polar surface area (TPSA) is 39.2 Å². The molecule has 0 saturated carbocycles. The zero-order chi connectivity index (χ0) is 17.5. The summed E-state index contributed by atoms with van der Waals surface area (Å²) < 4.78 is 44.5. The number of alkyl halides is 3. The van der Waals surface area contributed by atoms with Crippen LogP contribution >= 0.6 is 0 Å². The number of ketones is 1. The highest BCUT2D eigenvalue weighted by Crippen LogP contribution is 2.36. The van der Waals surface area contributed by atoms with Crippen LogP contribution in [0.4, 0.5) is 13.2 Å². The molecule has 0 fully saturated rings. The Labute approximate surface area is 137 Å². The van der Waals surface area contributed by atoms with Crippen LogP contribution in [-0.2, 0) is 19.0 Å². The maximum Gasteiger partial charge on any atom is 0.418 e. The number of carbonyl (C=O) groups is 1. The van der Waals surface area contributed by atoms with Gasteiger partial charge in [-0.25, -0.2) is 0 Å². The Balaban J connectivity index is 1.90. The molecule has 1 atom stereocenters. The summed E-state index contributed by atoms with van der Waals surface area (Å²) in [6.07, 6.45) is -2.75. The van der Waals surface area contributed by atoms with Crippen molar-refractivity contribution in [2.45, 2.75) is 25.9 Å². The van der Waals surface area contributed by atoms with E-state index in [9.17, 15) is 18.0 Å². The molecule has 2 aromatic rings. The third kappa shape index (κ3) is 2.88. The van der Waals surface area contributed by atoms with E-state index >= 15 is 0 Å². The maximum atomic E-state index is 13.1. The minimum absolute atomic E-state index is 0.0233. The van der Waals surface area contributed by atoms with Crippen LogP contribution in [0.3, 0.4) is 0 Å². The van der Waals surface area contributed by atoms with Crippen LogP contribution in [-0.4, -0.2) is 17.9 Å². The van der Waals surface area contributed by atoms with Gasteiger partial charge in [0.1, 0.15) is 5.75 Å². The van der Waals surface area contributed by atoms with Crippen molar-refractivity contribution < 1.29 is 22.7 Å². The van der Waals surface area contributed by atoms with Crippen LogP contribution in [0.25, 0.3) is 0 Å². The van der Waals surface area contributed by atoms with Gasteiger partial charge in [0.2, 0.25) is 0 Å². The van der Waals surface area contributed by atoms with Crippen LogP contribution in [0.15, 0.2) is 30.5 Å². The molecule has 6 heteroatoms. The van der Waals surface area contributed by atoms with Gasteiger partial charge in [-0.1, -0.05) is 6.07 Å². The Kier molecular flexibility index (Phi) is 4.07. The first-order valence-electron chi connectivity index (χ1n) is 7.54. The van der Waals surface area contributed by atoms with Gasteiger partial charge < -0.3 is 4.74 Å². The average molecular weight is 335 g/mol. The molecule has 3 nitrogen and oxygen atoms in total. The van der Waals surface area contributed by atoms with Gasteiger partial charge in [0.15, 0.2) is 5.78 Å². The highest BCUT2D eigenvalue weighted by molar-refractivity contribution is 6.02. The largest absolute Gasteiger partial charge is 0.496 e. The fraction of sp³-hybridized carbons (Fsp3) is 0.333. The van der Waals surface area contributed by atoms with Crippen molar-refractivity contribution in [3.05, 3.63) is 58.4 Å². The van der Waals surface area contributed by atoms with Crippen molar-refractivity contribution in [3.8, 4) is 5.75 Å². The molecule has 0 aliphatic heterocycles. The maximum absolute atomic E-state index is 13.1. The number of Topliss-reactive ketones (excluding diaryl/α,β-unsaturated/α-hetero) is 1. The number of benzene rings is 1. The van der Waals surface area contributed by atoms with Crippen molar-refractivity contribution >= 4 is 5.78 Å². The van der Waals surface area contributed by atoms with Crippen molar-refractivity contribution in [2.75, 3.05) is 7.11 Å². The molecule has 1 aliphatic carbocycles. The van der Waals surface area contributed by atoms with E-state index in [0.717, 1.165) is 17.2 Å². The second-order valence-electron chi connectivity index (χ2n) is 5.94. The number of aryl methyl sites for hydroxylation is 1. The molecule has 1 aromatic heterocycles. The number of halogens is 3. The van der Waals surface area contributed by atoms with Gasteiger partial charge in [0, 0.05) is 24.1 Å². The monoisotopic (exact) mass is 335 g/mol. The Hall–Kier alpha value is -2.37. The number of hydrogen-bond acceptors (Lipinski definition) is 3. The smallest absolute Gasteiger partial charge is 0.418 e. The summed E-state index contributed by atoms with van der Waals surface area (Å²) in [6, 6.07) is 5.80. The lowest BCUT2D eigenvalue weighted by Crippen LogP contribution is -2.17. The van der Waals surface area contributed by atoms with Crippen molar-refractivity contribution in [3.63, 3.8) is 0 Å². The Morgan fingerprint density at radius 2 is 2.08 bits per heavy atom. The van der Waals surface area contributed by atoms with Gasteiger partial charge in [-0.2, -0.15) is 13.2 Å². The molecule has 24 heavy (non-hydrogen) atoms. The van der Waals surface area contributed by atoms with Crippen LogP contribution in [0, 0.1) is 12.8 Å². The molecule has 126 valence electrons. The summed E-state index contributed by atoms with van der Waals surface area (Å²) in [4.78, 5) is 16.4. The van der Waals surface area contributed by atoms with Crippen LogP contribution in [0.2, 0.25) is 0 Å². The number of aromatic nitrogens is 1. The van der Waals surface area contributed by atoms with E-state index in [-0.39, 0.29) is 17.9 Å². The number of nitrogens with zero attached hydrogens (tertiary/aromatic N) is 1. The molecule has 0 amide bonds. The predicted molar refractivity (Wildman–Crippen MR) is 82.2 cm³/mol. The third-order valence-corrected chi connectivity index (χ3v) is 4.36. The Morgan fingerprint density at radius 3 is 2.75 bits per heavy atom. The quantitative estimate of drug-likeness (QED) is 0.851. The number of hydrogen-bond donors (Lipinski definition) is 0. The molecule has 1 aromatic carbocycles. The van der Waals surface area contributed by atoms with Gasteiger partial charge in [-0.05, 0) is 42.7 Å². The molecule has 0 saturated heterocycles. The molecule has 0 N–H and O–H groups in total. The summed E-state index contributed by atoms with van der Waals surface area (Å²) in [5.74, 6) is -0.0684. The van der Waals surface area contributed by atoms with Gasteiger partial charge in [-0.3, -0.25) is 9.78 Å². The minimum Gasteiger partial charge on any atom is -0.496 e. The number of fused-ring (bicyclic) bond motifs is 1. The van der Waals surface area contributed by atoms with E-state index in [1.165, 1.54) is 19.4 Å². The molecule has 0 radical (unpaired) electrons. The molecule has 0 bridgehead atoms. The molecule has 1 unspecified atom stereocenters. The lowest BCUT2D eigenvalue weighted by atomic mass is 9.96. The summed E-state index contributed by atoms with van der Waals surface area (Å²) in [5.41, 5.74) is 1.43. The van der Waals surface area contributed by atoms with Crippen molar-refractivity contribution in [1.82, 2.24) is 4.98 Å². The zero-order valence-electron chi connectivity index (χ0n) is 13.3. The molecule has 1 heterocycles. The van der Waals surface area contributed by atoms with E-state index in [1.54, 1.807) is 6.07 Å². The lowest BCUT2D eigenvalue weighted by molar-refractivity contribution is -0.138. The Morgan fingerprint density at radius 1 is 1.33 bits per heavy atom. The van der Waals surface area contributed by atoms with Gasteiger partial charge in [-0.15, -0.1) is 0 Å². The molecule has 0 spiro atoms. The summed E-state index contributed by atoms with van der Waals surface area (Å²) in [5, 5.41) is 0. The number of rotatable bonds is 3. The standard InChI is InChI=1S/C18H16F3NO2/c1-10-6-11-7-12(17(23)13(11)9-16(10)24-2)8-15-14(18(19,20)21)4-3-5-22-15/h3-6,9,12H,7-8H2,1-2H3. The normalized spacial score (nSPS) is 17.0. The van der Waals surface area contributed by atoms with E-state index < -0.39 is 17.7 Å². The van der Waals surface area contributed by atoms with Gasteiger partial charge in [0.25, 0.3) is 0 Å². The van der Waals surface area contributed by atoms with Crippen molar-refractivity contribution in [1.29, 1.82) is 0 Å². The van der Waals surface area contributed by atoms with Crippen LogP contribution in [0.5, 0.6) is 5.75 Å². The third-order valence-electron chi connectivity index (χ3n) is 4.36. The number of pyridine rings is 1. The van der Waals surface area contributed by atoms with Gasteiger partial charge in [0.05, 0.1) is 18.4 Å². The lowest BCUT2D eigenvalue weighted by Gasteiger charge is -2.13. The minimum atomic E-state index is -4.47. The highest BCUT2D eigenvalue weighted by Gasteiger charge is 2.37. The van der Waals surface area contributed by atoms with E-state index in [0.29, 0.717) is 17.7 Å². The Bertz CT molecular complexity index is 799. The molecule has 3 rings (SSSR count). The van der Waals surface area contributed by atoms with Crippen LogP contribution in [0.1, 0.15) is 32.7 Å². The molecular weight excluding hydrogens is 319 g/mol. The second-order valence-corrected chi connectivity index (χ2v) is 5.94. The van der Waals surface area contributed by atoms with E-state index in [1.807, 2.05) is 13.0 Å². The fourth-order valence-electron chi connectivity index (χ4n) is 3.20. The first-order chi connectivity index (χ1) is 11.3. The summed E-state index contributed by atoms with van der Waals surface area (Å²) in [7, 11) is 1.52. The first-order valence-corrected chi connectivity index (χ1v) is 7.54. The number of carbonyl (C=O) groups excluding carboxylic acids is 1. The van der Waals surface area contributed by atoms with Gasteiger partial charge >= 0.3 is 6.18 Å². The highest BCUT2D eigenvalue weighted by atomic mass is 19.4. The van der Waals surface area contributed by atoms with E-state index in [2.05, 4.69) is 4.98 Å². The SMILES string of the molecule is COc1cc2c(cc1C)CC(Cc1ncccc1C(F)(F)F)C2=O. The number of ether oxygens (including phenoxy) is 1. The number of methoxy groups -OCH3 is 1. The van der Waals surface area contributed by atoms with E-state index in [4.69, 9.17) is 4.74 Å². The molecular formula is C18H16F3NO2. The summed E-state index contributed by atoms with van der Waals surface area (Å²) in [6.45, 7) is 1.87. The average Bonchev–Trinajstić information content (AvgIpc) is 2.81. The molecule has 1 aliphatic rings. The summed E-state index contributed by atoms with van der Waals surface area (Å²) >= 11 is 0. The second kappa shape index (κ2) is 5.92. The van der Waals surface area contributed by atoms with Crippen molar-refractivity contribution in [2.24, 2.45) is 5.92 Å². The first kappa shape index (κ1) is 16.5. The zero-order valence-corrected chi connectivity index (χ0v) is 13.3. The predicted octanol–water partition coefficient (Wildman–Crippen LogP) is 4.02. The van der Waals surface area contributed by atoms with Crippen LogP contribution < -0.4 is 4.74 Å². The fourth-order valence-corrected chi connectivity index (χ4v) is 3.20.